The van der Waals surface area contributed by atoms with Gasteiger partial charge in [0.1, 0.15) is 6.04 Å². The van der Waals surface area contributed by atoms with Crippen LogP contribution in [-0.4, -0.2) is 25.0 Å². The minimum atomic E-state index is 0.00338. The SMILES string of the molecule is CN(C)C(C#N)Cc1cccs1. The standard InChI is InChI=1S/C9H12N2S/c1-11(2)8(7-10)6-9-4-3-5-12-9/h3-5,8H,6H2,1-2H3. The Kier molecular flexibility index (Phi) is 3.27. The minimum absolute atomic E-state index is 0.00338. The van der Waals surface area contributed by atoms with Crippen molar-refractivity contribution in [2.45, 2.75) is 12.5 Å². The molecule has 3 heteroatoms. The average Bonchev–Trinajstić information content (AvgIpc) is 2.51. The van der Waals surface area contributed by atoms with E-state index in [0.29, 0.717) is 0 Å². The maximum atomic E-state index is 8.81. The molecular weight excluding hydrogens is 168 g/mol. The van der Waals surface area contributed by atoms with E-state index in [1.54, 1.807) is 11.3 Å². The van der Waals surface area contributed by atoms with Crippen molar-refractivity contribution in [3.05, 3.63) is 22.4 Å². The molecule has 1 atom stereocenters. The second kappa shape index (κ2) is 4.24. The summed E-state index contributed by atoms with van der Waals surface area (Å²) in [5.41, 5.74) is 0. The Balaban J connectivity index is 2.56. The van der Waals surface area contributed by atoms with Crippen LogP contribution in [0.4, 0.5) is 0 Å². The molecule has 12 heavy (non-hydrogen) atoms. The van der Waals surface area contributed by atoms with Crippen LogP contribution in [0.5, 0.6) is 0 Å². The van der Waals surface area contributed by atoms with E-state index in [-0.39, 0.29) is 6.04 Å². The third kappa shape index (κ3) is 2.33. The van der Waals surface area contributed by atoms with Crippen LogP contribution in [0.2, 0.25) is 0 Å². The van der Waals surface area contributed by atoms with Gasteiger partial charge in [0, 0.05) is 11.3 Å². The lowest BCUT2D eigenvalue weighted by Gasteiger charge is -2.15. The fourth-order valence-electron chi connectivity index (χ4n) is 0.963. The molecule has 0 aromatic carbocycles. The monoisotopic (exact) mass is 180 g/mol. The molecule has 0 bridgehead atoms. The van der Waals surface area contributed by atoms with Crippen LogP contribution in [0.25, 0.3) is 0 Å². The Morgan fingerprint density at radius 2 is 2.42 bits per heavy atom. The lowest BCUT2D eigenvalue weighted by atomic mass is 10.2. The minimum Gasteiger partial charge on any atom is -0.294 e. The summed E-state index contributed by atoms with van der Waals surface area (Å²) in [6.07, 6.45) is 0.834. The zero-order chi connectivity index (χ0) is 8.97. The number of nitrogens with zero attached hydrogens (tertiary/aromatic N) is 2. The Bertz CT molecular complexity index is 259. The van der Waals surface area contributed by atoms with Crippen molar-refractivity contribution in [1.29, 1.82) is 5.26 Å². The first-order chi connectivity index (χ1) is 5.74. The van der Waals surface area contributed by atoms with Gasteiger partial charge in [-0.15, -0.1) is 11.3 Å². The molecule has 0 aliphatic carbocycles. The van der Waals surface area contributed by atoms with Crippen molar-refractivity contribution in [1.82, 2.24) is 4.90 Å². The first-order valence-corrected chi connectivity index (χ1v) is 4.70. The summed E-state index contributed by atoms with van der Waals surface area (Å²) in [4.78, 5) is 3.22. The predicted molar refractivity (Wildman–Crippen MR) is 51.1 cm³/mol. The van der Waals surface area contributed by atoms with Crippen LogP contribution < -0.4 is 0 Å². The quantitative estimate of drug-likeness (QED) is 0.708. The van der Waals surface area contributed by atoms with Gasteiger partial charge in [0.25, 0.3) is 0 Å². The lowest BCUT2D eigenvalue weighted by molar-refractivity contribution is 0.350. The molecule has 0 amide bonds. The highest BCUT2D eigenvalue weighted by Gasteiger charge is 2.10. The van der Waals surface area contributed by atoms with E-state index in [4.69, 9.17) is 5.26 Å². The van der Waals surface area contributed by atoms with Gasteiger partial charge in [-0.2, -0.15) is 5.26 Å². The van der Waals surface area contributed by atoms with Crippen molar-refractivity contribution < 1.29 is 0 Å². The molecule has 1 heterocycles. The Hall–Kier alpha value is -0.850. The Morgan fingerprint density at radius 3 is 2.83 bits per heavy atom. The van der Waals surface area contributed by atoms with E-state index in [1.807, 2.05) is 30.4 Å². The third-order valence-corrected chi connectivity index (χ3v) is 2.65. The molecule has 0 saturated heterocycles. The molecule has 0 fully saturated rings. The lowest BCUT2D eigenvalue weighted by Crippen LogP contribution is -2.27. The molecule has 1 aromatic heterocycles. The number of nitriles is 1. The predicted octanol–water partition coefficient (Wildman–Crippen LogP) is 1.74. The highest BCUT2D eigenvalue weighted by Crippen LogP contribution is 2.12. The van der Waals surface area contributed by atoms with Crippen LogP contribution >= 0.6 is 11.3 Å². The molecular formula is C9H12N2S. The summed E-state index contributed by atoms with van der Waals surface area (Å²) in [5, 5.41) is 10.8. The van der Waals surface area contributed by atoms with Gasteiger partial charge < -0.3 is 0 Å². The number of rotatable bonds is 3. The van der Waals surface area contributed by atoms with Crippen LogP contribution in [0.15, 0.2) is 17.5 Å². The fourth-order valence-corrected chi connectivity index (χ4v) is 1.71. The van der Waals surface area contributed by atoms with Crippen LogP contribution in [0.3, 0.4) is 0 Å². The molecule has 0 spiro atoms. The summed E-state index contributed by atoms with van der Waals surface area (Å²) >= 11 is 1.71. The summed E-state index contributed by atoms with van der Waals surface area (Å²) in [7, 11) is 3.86. The van der Waals surface area contributed by atoms with E-state index in [1.165, 1.54) is 4.88 Å². The maximum absolute atomic E-state index is 8.81. The van der Waals surface area contributed by atoms with E-state index in [2.05, 4.69) is 12.1 Å². The summed E-state index contributed by atoms with van der Waals surface area (Å²) in [5.74, 6) is 0. The number of likely N-dealkylation sites (N-methyl/N-ethyl adjacent to an activating group) is 1. The van der Waals surface area contributed by atoms with Crippen molar-refractivity contribution >= 4 is 11.3 Å². The van der Waals surface area contributed by atoms with Gasteiger partial charge in [-0.25, -0.2) is 0 Å². The molecule has 0 saturated carbocycles. The molecule has 2 nitrogen and oxygen atoms in total. The normalized spacial score (nSPS) is 12.8. The van der Waals surface area contributed by atoms with E-state index < -0.39 is 0 Å². The molecule has 1 aromatic rings. The highest BCUT2D eigenvalue weighted by atomic mass is 32.1. The molecule has 0 radical (unpaired) electrons. The van der Waals surface area contributed by atoms with Crippen molar-refractivity contribution in [3.63, 3.8) is 0 Å². The zero-order valence-corrected chi connectivity index (χ0v) is 8.14. The van der Waals surface area contributed by atoms with E-state index in [0.717, 1.165) is 6.42 Å². The number of hydrogen-bond acceptors (Lipinski definition) is 3. The first kappa shape index (κ1) is 9.24. The third-order valence-electron chi connectivity index (χ3n) is 1.75. The van der Waals surface area contributed by atoms with Gasteiger partial charge in [-0.05, 0) is 25.5 Å². The van der Waals surface area contributed by atoms with Crippen LogP contribution in [-0.2, 0) is 6.42 Å². The van der Waals surface area contributed by atoms with Crippen LogP contribution in [0, 0.1) is 11.3 Å². The molecule has 64 valence electrons. The van der Waals surface area contributed by atoms with Gasteiger partial charge in [-0.1, -0.05) is 6.07 Å². The van der Waals surface area contributed by atoms with Gasteiger partial charge >= 0.3 is 0 Å². The topological polar surface area (TPSA) is 27.0 Å². The highest BCUT2D eigenvalue weighted by molar-refractivity contribution is 7.09. The van der Waals surface area contributed by atoms with Crippen molar-refractivity contribution in [3.8, 4) is 6.07 Å². The van der Waals surface area contributed by atoms with E-state index in [9.17, 15) is 0 Å². The Labute approximate surface area is 77.0 Å². The summed E-state index contributed by atoms with van der Waals surface area (Å²) in [6.45, 7) is 0. The average molecular weight is 180 g/mol. The number of hydrogen-bond donors (Lipinski definition) is 0. The van der Waals surface area contributed by atoms with E-state index >= 15 is 0 Å². The second-order valence-corrected chi connectivity index (χ2v) is 3.92. The van der Waals surface area contributed by atoms with Gasteiger partial charge in [0.2, 0.25) is 0 Å². The summed E-state index contributed by atoms with van der Waals surface area (Å²) in [6, 6.07) is 6.36. The molecule has 0 aliphatic rings. The molecule has 1 rings (SSSR count). The molecule has 0 N–H and O–H groups in total. The zero-order valence-electron chi connectivity index (χ0n) is 7.32. The smallest absolute Gasteiger partial charge is 0.102 e. The maximum Gasteiger partial charge on any atom is 0.102 e. The summed E-state index contributed by atoms with van der Waals surface area (Å²) < 4.78 is 0. The van der Waals surface area contributed by atoms with Gasteiger partial charge in [0.15, 0.2) is 0 Å². The largest absolute Gasteiger partial charge is 0.294 e. The van der Waals surface area contributed by atoms with Gasteiger partial charge in [-0.3, -0.25) is 4.90 Å². The molecule has 0 aliphatic heterocycles. The second-order valence-electron chi connectivity index (χ2n) is 2.89. The number of thiophene rings is 1. The van der Waals surface area contributed by atoms with Crippen LogP contribution in [0.1, 0.15) is 4.88 Å². The van der Waals surface area contributed by atoms with Gasteiger partial charge in [0.05, 0.1) is 6.07 Å². The fraction of sp³-hybridized carbons (Fsp3) is 0.444. The Morgan fingerprint density at radius 1 is 1.67 bits per heavy atom. The first-order valence-electron chi connectivity index (χ1n) is 3.82. The van der Waals surface area contributed by atoms with Crippen molar-refractivity contribution in [2.75, 3.05) is 14.1 Å². The molecule has 1 unspecified atom stereocenters. The van der Waals surface area contributed by atoms with Crippen molar-refractivity contribution in [2.24, 2.45) is 0 Å².